The molecule has 1 heterocycles. The molecule has 114 valence electrons. The Kier molecular flexibility index (Phi) is 4.73. The van der Waals surface area contributed by atoms with Gasteiger partial charge in [-0.25, -0.2) is 0 Å². The standard InChI is InChI=1S/C15H17F3N2O/c1-10(11-4-6-21-7-5-11)20-14-3-2-13(15(16,17)18)8-12(14)9-19/h2-3,8,10-11,20H,4-7H2,1H3. The zero-order valence-electron chi connectivity index (χ0n) is 11.7. The Labute approximate surface area is 121 Å². The van der Waals surface area contributed by atoms with E-state index in [0.717, 1.165) is 25.0 Å². The first-order valence-corrected chi connectivity index (χ1v) is 6.87. The Morgan fingerprint density at radius 3 is 2.57 bits per heavy atom. The summed E-state index contributed by atoms with van der Waals surface area (Å²) < 4.78 is 43.2. The number of hydrogen-bond acceptors (Lipinski definition) is 3. The number of anilines is 1. The van der Waals surface area contributed by atoms with Gasteiger partial charge in [-0.15, -0.1) is 0 Å². The van der Waals surface area contributed by atoms with Crippen LogP contribution in [0.1, 0.15) is 30.9 Å². The van der Waals surface area contributed by atoms with Crippen LogP contribution in [0.4, 0.5) is 18.9 Å². The fraction of sp³-hybridized carbons (Fsp3) is 0.533. The molecule has 1 saturated heterocycles. The summed E-state index contributed by atoms with van der Waals surface area (Å²) in [6, 6.07) is 5.13. The summed E-state index contributed by atoms with van der Waals surface area (Å²) in [6.07, 6.45) is -2.61. The van der Waals surface area contributed by atoms with Crippen molar-refractivity contribution < 1.29 is 17.9 Å². The molecule has 0 radical (unpaired) electrons. The van der Waals surface area contributed by atoms with Crippen LogP contribution in [0.3, 0.4) is 0 Å². The number of alkyl halides is 3. The molecule has 1 unspecified atom stereocenters. The van der Waals surface area contributed by atoms with Gasteiger partial charge in [0, 0.05) is 19.3 Å². The van der Waals surface area contributed by atoms with E-state index in [0.29, 0.717) is 24.8 Å². The molecule has 1 aliphatic rings. The zero-order chi connectivity index (χ0) is 15.5. The third-order valence-corrected chi connectivity index (χ3v) is 3.82. The SMILES string of the molecule is CC(Nc1ccc(C(F)(F)F)cc1C#N)C1CCOCC1. The highest BCUT2D eigenvalue weighted by Gasteiger charge is 2.31. The predicted molar refractivity (Wildman–Crippen MR) is 72.8 cm³/mol. The van der Waals surface area contributed by atoms with Crippen molar-refractivity contribution in [2.75, 3.05) is 18.5 Å². The van der Waals surface area contributed by atoms with E-state index in [9.17, 15) is 13.2 Å². The molecule has 0 bridgehead atoms. The van der Waals surface area contributed by atoms with Crippen LogP contribution in [0.2, 0.25) is 0 Å². The van der Waals surface area contributed by atoms with Gasteiger partial charge in [-0.1, -0.05) is 0 Å². The minimum absolute atomic E-state index is 0.0173. The maximum atomic E-state index is 12.6. The Morgan fingerprint density at radius 1 is 1.33 bits per heavy atom. The molecular formula is C15H17F3N2O. The molecule has 3 nitrogen and oxygen atoms in total. The first-order chi connectivity index (χ1) is 9.91. The largest absolute Gasteiger partial charge is 0.416 e. The van der Waals surface area contributed by atoms with Gasteiger partial charge in [-0.3, -0.25) is 0 Å². The van der Waals surface area contributed by atoms with Gasteiger partial charge in [0.05, 0.1) is 16.8 Å². The van der Waals surface area contributed by atoms with Crippen LogP contribution in [-0.2, 0) is 10.9 Å². The molecule has 1 aromatic carbocycles. The topological polar surface area (TPSA) is 45.0 Å². The molecular weight excluding hydrogens is 281 g/mol. The van der Waals surface area contributed by atoms with Gasteiger partial charge in [0.1, 0.15) is 6.07 Å². The number of hydrogen-bond donors (Lipinski definition) is 1. The molecule has 1 atom stereocenters. The molecule has 0 aliphatic carbocycles. The maximum absolute atomic E-state index is 12.6. The van der Waals surface area contributed by atoms with Gasteiger partial charge in [0.15, 0.2) is 0 Å². The van der Waals surface area contributed by atoms with Crippen LogP contribution in [0.25, 0.3) is 0 Å². The first-order valence-electron chi connectivity index (χ1n) is 6.87. The molecule has 0 spiro atoms. The van der Waals surface area contributed by atoms with Crippen LogP contribution in [0.15, 0.2) is 18.2 Å². The molecule has 21 heavy (non-hydrogen) atoms. The highest BCUT2D eigenvalue weighted by Crippen LogP contribution is 2.32. The lowest BCUT2D eigenvalue weighted by Gasteiger charge is -2.29. The Balaban J connectivity index is 2.14. The summed E-state index contributed by atoms with van der Waals surface area (Å²) in [6.45, 7) is 3.39. The van der Waals surface area contributed by atoms with Crippen molar-refractivity contribution in [1.82, 2.24) is 0 Å². The third-order valence-electron chi connectivity index (χ3n) is 3.82. The van der Waals surface area contributed by atoms with Crippen molar-refractivity contribution in [3.63, 3.8) is 0 Å². The van der Waals surface area contributed by atoms with E-state index in [4.69, 9.17) is 10.00 Å². The van der Waals surface area contributed by atoms with Crippen molar-refractivity contribution in [3.8, 4) is 6.07 Å². The van der Waals surface area contributed by atoms with Gasteiger partial charge in [-0.05, 0) is 43.9 Å². The molecule has 1 aromatic rings. The highest BCUT2D eigenvalue weighted by atomic mass is 19.4. The first kappa shape index (κ1) is 15.6. The minimum Gasteiger partial charge on any atom is -0.381 e. The molecule has 1 N–H and O–H groups in total. The van der Waals surface area contributed by atoms with Crippen molar-refractivity contribution >= 4 is 5.69 Å². The molecule has 0 aromatic heterocycles. The Hall–Kier alpha value is -1.74. The molecule has 1 fully saturated rings. The molecule has 1 aliphatic heterocycles. The predicted octanol–water partition coefficient (Wildman–Crippen LogP) is 3.80. The average molecular weight is 298 g/mol. The van der Waals surface area contributed by atoms with Crippen molar-refractivity contribution in [1.29, 1.82) is 5.26 Å². The number of rotatable bonds is 3. The number of nitrogens with one attached hydrogen (secondary N) is 1. The second-order valence-corrected chi connectivity index (χ2v) is 5.25. The van der Waals surface area contributed by atoms with Crippen molar-refractivity contribution in [2.45, 2.75) is 32.0 Å². The fourth-order valence-corrected chi connectivity index (χ4v) is 2.52. The van der Waals surface area contributed by atoms with E-state index >= 15 is 0 Å². The lowest BCUT2D eigenvalue weighted by Crippen LogP contribution is -2.31. The van der Waals surface area contributed by atoms with E-state index in [1.807, 2.05) is 13.0 Å². The van der Waals surface area contributed by atoms with Crippen molar-refractivity contribution in [2.24, 2.45) is 5.92 Å². The summed E-state index contributed by atoms with van der Waals surface area (Å²) in [5.74, 6) is 0.396. The van der Waals surface area contributed by atoms with Crippen LogP contribution in [0, 0.1) is 17.2 Å². The molecule has 0 saturated carbocycles. The molecule has 0 amide bonds. The minimum atomic E-state index is -4.43. The maximum Gasteiger partial charge on any atom is 0.416 e. The van der Waals surface area contributed by atoms with Gasteiger partial charge >= 0.3 is 6.18 Å². The van der Waals surface area contributed by atoms with Crippen molar-refractivity contribution in [3.05, 3.63) is 29.3 Å². The number of nitrogens with zero attached hydrogens (tertiary/aromatic N) is 1. The van der Waals surface area contributed by atoms with E-state index in [2.05, 4.69) is 5.32 Å². The van der Waals surface area contributed by atoms with Crippen LogP contribution in [0.5, 0.6) is 0 Å². The highest BCUT2D eigenvalue weighted by molar-refractivity contribution is 5.59. The van der Waals surface area contributed by atoms with Gasteiger partial charge < -0.3 is 10.1 Å². The third kappa shape index (κ3) is 3.88. The van der Waals surface area contributed by atoms with Gasteiger partial charge in [0.25, 0.3) is 0 Å². The van der Waals surface area contributed by atoms with Crippen LogP contribution in [-0.4, -0.2) is 19.3 Å². The smallest absolute Gasteiger partial charge is 0.381 e. The number of benzene rings is 1. The second kappa shape index (κ2) is 6.35. The quantitative estimate of drug-likeness (QED) is 0.923. The molecule has 2 rings (SSSR count). The Bertz CT molecular complexity index is 531. The summed E-state index contributed by atoms with van der Waals surface area (Å²) in [7, 11) is 0. The van der Waals surface area contributed by atoms with E-state index in [-0.39, 0.29) is 11.6 Å². The monoisotopic (exact) mass is 298 g/mol. The van der Waals surface area contributed by atoms with Crippen LogP contribution >= 0.6 is 0 Å². The zero-order valence-corrected chi connectivity index (χ0v) is 11.7. The van der Waals surface area contributed by atoms with Gasteiger partial charge in [0.2, 0.25) is 0 Å². The molecule has 6 heteroatoms. The normalized spacial score (nSPS) is 18.0. The number of halogens is 3. The summed E-state index contributed by atoms with van der Waals surface area (Å²) in [4.78, 5) is 0. The van der Waals surface area contributed by atoms with Gasteiger partial charge in [-0.2, -0.15) is 18.4 Å². The number of nitriles is 1. The second-order valence-electron chi connectivity index (χ2n) is 5.25. The lowest BCUT2D eigenvalue weighted by atomic mass is 9.92. The average Bonchev–Trinajstić information content (AvgIpc) is 2.47. The number of ether oxygens (including phenoxy) is 1. The lowest BCUT2D eigenvalue weighted by molar-refractivity contribution is -0.137. The summed E-state index contributed by atoms with van der Waals surface area (Å²) in [5, 5.41) is 12.2. The van der Waals surface area contributed by atoms with E-state index < -0.39 is 11.7 Å². The summed E-state index contributed by atoms with van der Waals surface area (Å²) >= 11 is 0. The Morgan fingerprint density at radius 2 is 2.00 bits per heavy atom. The van der Waals surface area contributed by atoms with E-state index in [1.54, 1.807) is 0 Å². The van der Waals surface area contributed by atoms with E-state index in [1.165, 1.54) is 6.07 Å². The van der Waals surface area contributed by atoms with Crippen LogP contribution < -0.4 is 5.32 Å². The fourth-order valence-electron chi connectivity index (χ4n) is 2.52. The summed E-state index contributed by atoms with van der Waals surface area (Å²) in [5.41, 5.74) is -0.337.